The van der Waals surface area contributed by atoms with Crippen LogP contribution in [0.4, 0.5) is 0 Å². The number of hydrogen-bond donors (Lipinski definition) is 0. The van der Waals surface area contributed by atoms with E-state index in [1.165, 1.54) is 0 Å². The van der Waals surface area contributed by atoms with E-state index in [0.717, 1.165) is 33.3 Å². The van der Waals surface area contributed by atoms with Crippen molar-refractivity contribution in [2.45, 2.75) is 0 Å². The molecule has 0 saturated heterocycles. The quantitative estimate of drug-likeness (QED) is 0.334. The van der Waals surface area contributed by atoms with Crippen molar-refractivity contribution in [1.82, 2.24) is 19.5 Å². The first-order valence-corrected chi connectivity index (χ1v) is 10.4. The molecule has 3 heterocycles. The summed E-state index contributed by atoms with van der Waals surface area (Å²) in [5, 5.41) is 1.10. The summed E-state index contributed by atoms with van der Waals surface area (Å²) in [6.45, 7) is 0. The lowest BCUT2D eigenvalue weighted by Crippen LogP contribution is -2.07. The van der Waals surface area contributed by atoms with E-state index in [1.807, 2.05) is 78.9 Å². The van der Waals surface area contributed by atoms with Crippen LogP contribution in [0.3, 0.4) is 0 Å². The van der Waals surface area contributed by atoms with Gasteiger partial charge in [-0.3, -0.25) is 4.57 Å². The molecular formula is C27H18N4O. The van der Waals surface area contributed by atoms with Gasteiger partial charge in [0.1, 0.15) is 0 Å². The first-order valence-electron chi connectivity index (χ1n) is 10.4. The maximum Gasteiger partial charge on any atom is 0.238 e. The Bertz CT molecular complexity index is 1450. The lowest BCUT2D eigenvalue weighted by Gasteiger charge is -2.12. The van der Waals surface area contributed by atoms with Gasteiger partial charge in [-0.15, -0.1) is 0 Å². The zero-order valence-electron chi connectivity index (χ0n) is 17.1. The number of rotatable bonds is 4. The van der Waals surface area contributed by atoms with E-state index in [9.17, 15) is 0 Å². The van der Waals surface area contributed by atoms with Gasteiger partial charge in [-0.25, -0.2) is 4.98 Å². The Labute approximate surface area is 184 Å². The summed E-state index contributed by atoms with van der Waals surface area (Å²) in [6.07, 6.45) is 3.41. The van der Waals surface area contributed by atoms with Gasteiger partial charge in [0.15, 0.2) is 11.6 Å². The van der Waals surface area contributed by atoms with Crippen LogP contribution < -0.4 is 0 Å². The van der Waals surface area contributed by atoms with E-state index in [-0.39, 0.29) is 0 Å². The molecule has 0 aliphatic rings. The van der Waals surface area contributed by atoms with Crippen LogP contribution in [0.5, 0.6) is 0 Å². The van der Waals surface area contributed by atoms with Crippen molar-refractivity contribution in [1.29, 1.82) is 0 Å². The fourth-order valence-corrected chi connectivity index (χ4v) is 3.89. The molecule has 0 atom stereocenters. The topological polar surface area (TPSA) is 56.7 Å². The fraction of sp³-hybridized carbons (Fsp3) is 0. The first kappa shape index (κ1) is 18.3. The van der Waals surface area contributed by atoms with Gasteiger partial charge in [0.05, 0.1) is 23.7 Å². The molecule has 0 spiro atoms. The van der Waals surface area contributed by atoms with Crippen LogP contribution in [0, 0.1) is 0 Å². The lowest BCUT2D eigenvalue weighted by molar-refractivity contribution is 0.568. The molecule has 0 saturated carbocycles. The molecule has 152 valence electrons. The second-order valence-corrected chi connectivity index (χ2v) is 7.45. The van der Waals surface area contributed by atoms with Crippen molar-refractivity contribution in [3.05, 3.63) is 110 Å². The molecule has 0 aliphatic carbocycles. The minimum Gasteiger partial charge on any atom is -0.472 e. The number of furan rings is 1. The molecule has 5 nitrogen and oxygen atoms in total. The van der Waals surface area contributed by atoms with Gasteiger partial charge in [-0.1, -0.05) is 78.9 Å². The van der Waals surface area contributed by atoms with E-state index in [4.69, 9.17) is 19.4 Å². The van der Waals surface area contributed by atoms with Crippen molar-refractivity contribution in [3.63, 3.8) is 0 Å². The zero-order valence-corrected chi connectivity index (χ0v) is 17.1. The van der Waals surface area contributed by atoms with E-state index >= 15 is 0 Å². The first-order chi connectivity index (χ1) is 15.9. The van der Waals surface area contributed by atoms with Crippen molar-refractivity contribution in [2.75, 3.05) is 0 Å². The predicted octanol–water partition coefficient (Wildman–Crippen LogP) is 6.41. The SMILES string of the molecule is c1ccc(-c2nc(-c3ccccc3)nc(-n3c(-c4ccoc4)cc4ccccc43)n2)cc1. The Morgan fingerprint density at radius 1 is 0.594 bits per heavy atom. The molecule has 32 heavy (non-hydrogen) atoms. The normalized spacial score (nSPS) is 11.1. The van der Waals surface area contributed by atoms with Crippen molar-refractivity contribution in [3.8, 4) is 40.0 Å². The van der Waals surface area contributed by atoms with Crippen molar-refractivity contribution < 1.29 is 4.42 Å². The number of nitrogens with zero attached hydrogens (tertiary/aromatic N) is 4. The summed E-state index contributed by atoms with van der Waals surface area (Å²) < 4.78 is 7.45. The highest BCUT2D eigenvalue weighted by molar-refractivity contribution is 5.88. The molecule has 6 aromatic rings. The molecule has 5 heteroatoms. The van der Waals surface area contributed by atoms with E-state index < -0.39 is 0 Å². The molecular weight excluding hydrogens is 396 g/mol. The number of aromatic nitrogens is 4. The monoisotopic (exact) mass is 414 g/mol. The highest BCUT2D eigenvalue weighted by Gasteiger charge is 2.18. The molecule has 0 bridgehead atoms. The van der Waals surface area contributed by atoms with Crippen LogP contribution in [0.15, 0.2) is 114 Å². The summed E-state index contributed by atoms with van der Waals surface area (Å²) in [7, 11) is 0. The minimum atomic E-state index is 0.565. The Balaban J connectivity index is 1.66. The van der Waals surface area contributed by atoms with Gasteiger partial charge < -0.3 is 4.42 Å². The molecule has 0 amide bonds. The smallest absolute Gasteiger partial charge is 0.238 e. The van der Waals surface area contributed by atoms with Gasteiger partial charge in [0.2, 0.25) is 5.95 Å². The van der Waals surface area contributed by atoms with Crippen molar-refractivity contribution in [2.24, 2.45) is 0 Å². The highest BCUT2D eigenvalue weighted by Crippen LogP contribution is 2.32. The summed E-state index contributed by atoms with van der Waals surface area (Å²) in [5.41, 5.74) is 4.82. The second-order valence-electron chi connectivity index (χ2n) is 7.45. The lowest BCUT2D eigenvalue weighted by atomic mass is 10.2. The van der Waals surface area contributed by atoms with Crippen LogP contribution in [0.25, 0.3) is 50.9 Å². The molecule has 0 aliphatic heterocycles. The minimum absolute atomic E-state index is 0.565. The van der Waals surface area contributed by atoms with Crippen molar-refractivity contribution >= 4 is 10.9 Å². The van der Waals surface area contributed by atoms with Crippen LogP contribution in [-0.4, -0.2) is 19.5 Å². The standard InChI is InChI=1S/C27H18N4O/c1-3-9-19(10-4-1)25-28-26(20-11-5-2-6-12-20)30-27(29-25)31-23-14-8-7-13-21(23)17-24(31)22-15-16-32-18-22/h1-18H. The van der Waals surface area contributed by atoms with Gasteiger partial charge >= 0.3 is 0 Å². The zero-order chi connectivity index (χ0) is 21.3. The Kier molecular flexibility index (Phi) is 4.36. The largest absolute Gasteiger partial charge is 0.472 e. The fourth-order valence-electron chi connectivity index (χ4n) is 3.89. The molecule has 3 aromatic carbocycles. The summed E-state index contributed by atoms with van der Waals surface area (Å²) in [5.74, 6) is 1.82. The molecule has 0 fully saturated rings. The van der Waals surface area contributed by atoms with Crippen LogP contribution in [0.1, 0.15) is 0 Å². The summed E-state index contributed by atoms with van der Waals surface area (Å²) in [4.78, 5) is 14.6. The summed E-state index contributed by atoms with van der Waals surface area (Å²) >= 11 is 0. The highest BCUT2D eigenvalue weighted by atomic mass is 16.3. The molecule has 0 N–H and O–H groups in total. The molecule has 6 rings (SSSR count). The van der Waals surface area contributed by atoms with Gasteiger partial charge in [-0.2, -0.15) is 9.97 Å². The summed E-state index contributed by atoms with van der Waals surface area (Å²) in [6, 6.07) is 32.3. The van der Waals surface area contributed by atoms with Gasteiger partial charge in [-0.05, 0) is 18.2 Å². The molecule has 0 unspecified atom stereocenters. The van der Waals surface area contributed by atoms with Crippen LogP contribution in [0.2, 0.25) is 0 Å². The number of benzene rings is 3. The third-order valence-corrected chi connectivity index (χ3v) is 5.42. The maximum atomic E-state index is 5.38. The Morgan fingerprint density at radius 2 is 1.22 bits per heavy atom. The van der Waals surface area contributed by atoms with Gasteiger partial charge in [0.25, 0.3) is 0 Å². The number of para-hydroxylation sites is 1. The Hall–Kier alpha value is -4.51. The van der Waals surface area contributed by atoms with Gasteiger partial charge in [0, 0.05) is 22.1 Å². The molecule has 3 aromatic heterocycles. The van der Waals surface area contributed by atoms with E-state index in [2.05, 4.69) is 22.8 Å². The predicted molar refractivity (Wildman–Crippen MR) is 125 cm³/mol. The maximum absolute atomic E-state index is 5.38. The second kappa shape index (κ2) is 7.63. The number of hydrogen-bond acceptors (Lipinski definition) is 4. The Morgan fingerprint density at radius 3 is 1.84 bits per heavy atom. The molecule has 0 radical (unpaired) electrons. The van der Waals surface area contributed by atoms with Crippen LogP contribution in [-0.2, 0) is 0 Å². The van der Waals surface area contributed by atoms with E-state index in [0.29, 0.717) is 17.6 Å². The number of fused-ring (bicyclic) bond motifs is 1. The third-order valence-electron chi connectivity index (χ3n) is 5.42. The average molecular weight is 414 g/mol. The average Bonchev–Trinajstić information content (AvgIpc) is 3.53. The third kappa shape index (κ3) is 3.17. The van der Waals surface area contributed by atoms with Crippen LogP contribution >= 0.6 is 0 Å². The van der Waals surface area contributed by atoms with E-state index in [1.54, 1.807) is 12.5 Å².